The van der Waals surface area contributed by atoms with Crippen LogP contribution in [0.4, 0.5) is 10.1 Å². The first-order valence-corrected chi connectivity index (χ1v) is 15.9. The molecular weight excluding hydrogens is 553 g/mol. The van der Waals surface area contributed by atoms with E-state index in [-0.39, 0.29) is 11.2 Å². The van der Waals surface area contributed by atoms with Crippen LogP contribution in [0.3, 0.4) is 0 Å². The minimum Gasteiger partial charge on any atom is -0.479 e. The Balaban J connectivity index is 1.57. The van der Waals surface area contributed by atoms with Gasteiger partial charge in [0.1, 0.15) is 5.82 Å². The highest BCUT2D eigenvalue weighted by Gasteiger charge is 2.36. The number of carboxylic acid groups (broad SMARTS) is 1. The fourth-order valence-electron chi connectivity index (χ4n) is 6.75. The predicted octanol–water partition coefficient (Wildman–Crippen LogP) is 7.94. The second kappa shape index (κ2) is 12.2. The van der Waals surface area contributed by atoms with Crippen molar-refractivity contribution in [3.05, 3.63) is 81.4 Å². The zero-order valence-corrected chi connectivity index (χ0v) is 27.7. The highest BCUT2D eigenvalue weighted by atomic mass is 19.1. The van der Waals surface area contributed by atoms with Gasteiger partial charge in [0.15, 0.2) is 6.10 Å². The molecule has 0 unspecified atom stereocenters. The van der Waals surface area contributed by atoms with Gasteiger partial charge in [0, 0.05) is 60.8 Å². The van der Waals surface area contributed by atoms with Crippen LogP contribution in [0.5, 0.6) is 0 Å². The molecule has 2 aliphatic heterocycles. The molecule has 0 aliphatic carbocycles. The van der Waals surface area contributed by atoms with Gasteiger partial charge in [0.2, 0.25) is 0 Å². The van der Waals surface area contributed by atoms with Gasteiger partial charge in [0.05, 0.1) is 11.3 Å². The zero-order chi connectivity index (χ0) is 32.0. The number of pyridine rings is 1. The lowest BCUT2D eigenvalue weighted by Crippen LogP contribution is -2.39. The average molecular weight is 602 g/mol. The number of rotatable bonds is 7. The van der Waals surface area contributed by atoms with Crippen LogP contribution in [0.25, 0.3) is 11.1 Å². The Bertz CT molecular complexity index is 1530. The molecule has 6 nitrogen and oxygen atoms in total. The number of hydrogen-bond acceptors (Lipinski definition) is 5. The number of aliphatic carboxylic acids is 1. The number of fused-ring (bicyclic) bond motifs is 1. The van der Waals surface area contributed by atoms with Crippen LogP contribution in [0, 0.1) is 32.0 Å². The van der Waals surface area contributed by atoms with Gasteiger partial charge in [-0.05, 0) is 94.5 Å². The second-order valence-electron chi connectivity index (χ2n) is 14.5. The number of aromatic nitrogens is 1. The number of anilines is 1. The number of carbonyl (C=O) groups is 1. The summed E-state index contributed by atoms with van der Waals surface area (Å²) in [6, 6.07) is 11.9. The summed E-state index contributed by atoms with van der Waals surface area (Å²) < 4.78 is 20.8. The van der Waals surface area contributed by atoms with Crippen LogP contribution in [-0.2, 0) is 29.0 Å². The van der Waals surface area contributed by atoms with Gasteiger partial charge in [-0.3, -0.25) is 9.88 Å². The summed E-state index contributed by atoms with van der Waals surface area (Å²) in [6.07, 6.45) is 1.76. The van der Waals surface area contributed by atoms with Crippen molar-refractivity contribution in [3.63, 3.8) is 0 Å². The molecule has 1 atom stereocenters. The smallest absolute Gasteiger partial charge is 0.337 e. The lowest BCUT2D eigenvalue weighted by atomic mass is 9.81. The van der Waals surface area contributed by atoms with Crippen LogP contribution < -0.4 is 4.90 Å². The molecule has 0 saturated carbocycles. The maximum Gasteiger partial charge on any atom is 0.337 e. The molecule has 2 aliphatic rings. The molecule has 44 heavy (non-hydrogen) atoms. The van der Waals surface area contributed by atoms with Crippen molar-refractivity contribution < 1.29 is 19.0 Å². The Morgan fingerprint density at radius 3 is 2.39 bits per heavy atom. The van der Waals surface area contributed by atoms with Crippen LogP contribution in [-0.4, -0.2) is 46.2 Å². The standard InChI is InChI=1S/C37H48FN3O3/c1-23-10-9-11-30(38)29(23)22-40-17-14-26-20-27(12-13-28(26)21-40)31-24(2)39-25(3)32(34(35(42)43)44-36(4,5)6)33(31)41-18-15-37(7,8)16-19-41/h9-13,20,34H,14-19,21-22H2,1-8H3,(H,42,43)/t34-/m0/s1. The summed E-state index contributed by atoms with van der Waals surface area (Å²) in [4.78, 5) is 22.4. The monoisotopic (exact) mass is 601 g/mol. The zero-order valence-electron chi connectivity index (χ0n) is 27.7. The van der Waals surface area contributed by atoms with E-state index in [9.17, 15) is 14.3 Å². The van der Waals surface area contributed by atoms with E-state index in [0.717, 1.165) is 79.1 Å². The fourth-order valence-corrected chi connectivity index (χ4v) is 6.75. The quantitative estimate of drug-likeness (QED) is 0.297. The van der Waals surface area contributed by atoms with Crippen LogP contribution in [0.15, 0.2) is 36.4 Å². The molecule has 0 bridgehead atoms. The van der Waals surface area contributed by atoms with Gasteiger partial charge in [-0.15, -0.1) is 0 Å². The minimum atomic E-state index is -1.14. The minimum absolute atomic E-state index is 0.145. The molecule has 3 aromatic rings. The Morgan fingerprint density at radius 1 is 1.05 bits per heavy atom. The number of hydrogen-bond donors (Lipinski definition) is 1. The summed E-state index contributed by atoms with van der Waals surface area (Å²) in [6.45, 7) is 20.1. The van der Waals surface area contributed by atoms with Crippen molar-refractivity contribution in [1.82, 2.24) is 9.88 Å². The Kier molecular flexibility index (Phi) is 8.94. The summed E-state index contributed by atoms with van der Waals surface area (Å²) >= 11 is 0. The van der Waals surface area contributed by atoms with Crippen LogP contribution in [0.1, 0.15) is 92.8 Å². The van der Waals surface area contributed by atoms with E-state index < -0.39 is 17.7 Å². The van der Waals surface area contributed by atoms with Crippen molar-refractivity contribution in [1.29, 1.82) is 0 Å². The Hall–Kier alpha value is -3.29. The van der Waals surface area contributed by atoms with Crippen LogP contribution in [0.2, 0.25) is 0 Å². The molecule has 236 valence electrons. The number of piperidine rings is 1. The number of nitrogens with zero attached hydrogens (tertiary/aromatic N) is 3. The van der Waals surface area contributed by atoms with E-state index in [2.05, 4.69) is 41.8 Å². The summed E-state index contributed by atoms with van der Waals surface area (Å²) in [5, 5.41) is 10.5. The normalized spacial score (nSPS) is 17.8. The molecule has 0 spiro atoms. The van der Waals surface area contributed by atoms with Crippen molar-refractivity contribution >= 4 is 11.7 Å². The third-order valence-corrected chi connectivity index (χ3v) is 9.29. The van der Waals surface area contributed by atoms with Gasteiger partial charge >= 0.3 is 5.97 Å². The Labute approximate surface area is 262 Å². The topological polar surface area (TPSA) is 65.9 Å². The number of halogens is 1. The maximum atomic E-state index is 14.6. The highest BCUT2D eigenvalue weighted by Crippen LogP contribution is 2.45. The third kappa shape index (κ3) is 6.84. The maximum absolute atomic E-state index is 14.6. The molecule has 1 saturated heterocycles. The van der Waals surface area contributed by atoms with Crippen molar-refractivity contribution in [2.24, 2.45) is 5.41 Å². The molecular formula is C37H48FN3O3. The summed E-state index contributed by atoms with van der Waals surface area (Å²) in [7, 11) is 0. The summed E-state index contributed by atoms with van der Waals surface area (Å²) in [5.74, 6) is -1.15. The van der Waals surface area contributed by atoms with Gasteiger partial charge in [0.25, 0.3) is 0 Å². The van der Waals surface area contributed by atoms with E-state index in [1.54, 1.807) is 12.1 Å². The Morgan fingerprint density at radius 2 is 1.75 bits per heavy atom. The van der Waals surface area contributed by atoms with E-state index in [1.165, 1.54) is 11.1 Å². The lowest BCUT2D eigenvalue weighted by molar-refractivity contribution is -0.160. The first-order valence-electron chi connectivity index (χ1n) is 15.9. The molecule has 3 heterocycles. The fraction of sp³-hybridized carbons (Fsp3) is 0.514. The van der Waals surface area contributed by atoms with Gasteiger partial charge in [-0.25, -0.2) is 9.18 Å². The van der Waals surface area contributed by atoms with E-state index in [1.807, 2.05) is 47.6 Å². The van der Waals surface area contributed by atoms with Crippen molar-refractivity contribution in [2.45, 2.75) is 99.4 Å². The van der Waals surface area contributed by atoms with Gasteiger partial charge in [-0.1, -0.05) is 44.2 Å². The van der Waals surface area contributed by atoms with E-state index >= 15 is 0 Å². The molecule has 1 aromatic heterocycles. The van der Waals surface area contributed by atoms with E-state index in [0.29, 0.717) is 17.8 Å². The first-order chi connectivity index (χ1) is 20.6. The largest absolute Gasteiger partial charge is 0.479 e. The summed E-state index contributed by atoms with van der Waals surface area (Å²) in [5.41, 5.74) is 9.06. The van der Waals surface area contributed by atoms with Gasteiger partial charge in [-0.2, -0.15) is 0 Å². The third-order valence-electron chi connectivity index (χ3n) is 9.29. The molecule has 7 heteroatoms. The molecule has 0 amide bonds. The molecule has 2 aromatic carbocycles. The molecule has 1 fully saturated rings. The van der Waals surface area contributed by atoms with E-state index in [4.69, 9.17) is 9.72 Å². The average Bonchev–Trinajstić information content (AvgIpc) is 2.93. The second-order valence-corrected chi connectivity index (χ2v) is 14.5. The highest BCUT2D eigenvalue weighted by molar-refractivity contribution is 5.88. The number of carboxylic acids is 1. The van der Waals surface area contributed by atoms with Gasteiger partial charge < -0.3 is 14.7 Å². The lowest BCUT2D eigenvalue weighted by Gasteiger charge is -2.41. The van der Waals surface area contributed by atoms with Crippen molar-refractivity contribution in [3.8, 4) is 11.1 Å². The number of ether oxygens (including phenoxy) is 1. The van der Waals surface area contributed by atoms with Crippen LogP contribution >= 0.6 is 0 Å². The first kappa shape index (κ1) is 32.1. The molecule has 5 rings (SSSR count). The SMILES string of the molecule is Cc1cccc(F)c1CN1CCc2cc(-c3c(C)nc(C)c([C@H](OC(C)(C)C)C(=O)O)c3N3CCC(C)(C)CC3)ccc2C1. The van der Waals surface area contributed by atoms with Crippen molar-refractivity contribution in [2.75, 3.05) is 24.5 Å². The number of benzene rings is 2. The molecule has 0 radical (unpaired) electrons. The number of aryl methyl sites for hydroxylation is 3. The predicted molar refractivity (Wildman–Crippen MR) is 175 cm³/mol. The molecule has 1 N–H and O–H groups in total.